The number of methoxy groups -OCH3 is 1. The second kappa shape index (κ2) is 6.21. The molecule has 0 spiro atoms. The summed E-state index contributed by atoms with van der Waals surface area (Å²) in [6, 6.07) is 8.31. The van der Waals surface area contributed by atoms with Gasteiger partial charge in [-0.15, -0.1) is 0 Å². The molecular formula is C14H19N3O. The Balaban J connectivity index is 1.81. The zero-order chi connectivity index (χ0) is 12.8. The van der Waals surface area contributed by atoms with Crippen molar-refractivity contribution in [2.45, 2.75) is 20.1 Å². The molecule has 1 heterocycles. The summed E-state index contributed by atoms with van der Waals surface area (Å²) in [6.07, 6.45) is 3.83. The molecule has 1 N–H and O–H groups in total. The number of hydrogen-bond donors (Lipinski definition) is 1. The lowest BCUT2D eigenvalue weighted by atomic mass is 10.2. The van der Waals surface area contributed by atoms with Gasteiger partial charge >= 0.3 is 0 Å². The third-order valence-electron chi connectivity index (χ3n) is 2.87. The van der Waals surface area contributed by atoms with Crippen LogP contribution < -0.4 is 5.32 Å². The molecule has 0 aliphatic carbocycles. The van der Waals surface area contributed by atoms with Crippen LogP contribution in [0.25, 0.3) is 0 Å². The van der Waals surface area contributed by atoms with E-state index in [0.29, 0.717) is 6.61 Å². The number of aryl methyl sites for hydroxylation is 1. The first-order valence-corrected chi connectivity index (χ1v) is 6.09. The number of benzene rings is 1. The second-order valence-electron chi connectivity index (χ2n) is 4.22. The lowest BCUT2D eigenvalue weighted by Crippen LogP contribution is -2.10. The first kappa shape index (κ1) is 12.6. The number of hydrogen-bond acceptors (Lipinski definition) is 3. The zero-order valence-corrected chi connectivity index (χ0v) is 10.9. The van der Waals surface area contributed by atoms with E-state index in [-0.39, 0.29) is 0 Å². The minimum Gasteiger partial charge on any atom is -0.383 e. The van der Waals surface area contributed by atoms with Crippen molar-refractivity contribution in [2.24, 2.45) is 0 Å². The Kier molecular flexibility index (Phi) is 4.36. The van der Waals surface area contributed by atoms with Crippen molar-refractivity contribution in [3.05, 3.63) is 48.0 Å². The summed E-state index contributed by atoms with van der Waals surface area (Å²) in [5.41, 5.74) is 2.32. The molecule has 0 atom stereocenters. The van der Waals surface area contributed by atoms with Gasteiger partial charge in [0.15, 0.2) is 0 Å². The van der Waals surface area contributed by atoms with E-state index in [0.717, 1.165) is 24.6 Å². The van der Waals surface area contributed by atoms with Gasteiger partial charge in [-0.2, -0.15) is 0 Å². The van der Waals surface area contributed by atoms with Crippen LogP contribution in [-0.4, -0.2) is 23.2 Å². The van der Waals surface area contributed by atoms with Gasteiger partial charge in [-0.25, -0.2) is 4.98 Å². The maximum atomic E-state index is 5.08. The van der Waals surface area contributed by atoms with Crippen LogP contribution in [0.4, 0.5) is 5.69 Å². The molecule has 0 amide bonds. The van der Waals surface area contributed by atoms with E-state index in [1.54, 1.807) is 7.11 Å². The molecule has 2 aromatic rings. The quantitative estimate of drug-likeness (QED) is 0.849. The van der Waals surface area contributed by atoms with Gasteiger partial charge < -0.3 is 14.6 Å². The predicted octanol–water partition coefficient (Wildman–Crippen LogP) is 2.45. The van der Waals surface area contributed by atoms with E-state index in [9.17, 15) is 0 Å². The van der Waals surface area contributed by atoms with Crippen molar-refractivity contribution in [3.8, 4) is 0 Å². The van der Waals surface area contributed by atoms with Crippen molar-refractivity contribution < 1.29 is 4.74 Å². The highest BCUT2D eigenvalue weighted by atomic mass is 16.5. The van der Waals surface area contributed by atoms with Crippen LogP contribution in [0, 0.1) is 6.92 Å². The van der Waals surface area contributed by atoms with Crippen LogP contribution in [0.3, 0.4) is 0 Å². The molecule has 2 rings (SSSR count). The van der Waals surface area contributed by atoms with E-state index in [4.69, 9.17) is 4.74 Å². The fourth-order valence-corrected chi connectivity index (χ4v) is 1.85. The van der Waals surface area contributed by atoms with Gasteiger partial charge in [-0.3, -0.25) is 0 Å². The van der Waals surface area contributed by atoms with Gasteiger partial charge in [-0.1, -0.05) is 12.1 Å². The average molecular weight is 245 g/mol. The number of ether oxygens (including phenoxy) is 1. The third kappa shape index (κ3) is 3.34. The number of anilines is 1. The first-order valence-electron chi connectivity index (χ1n) is 6.09. The van der Waals surface area contributed by atoms with Crippen LogP contribution in [0.5, 0.6) is 0 Å². The highest BCUT2D eigenvalue weighted by Crippen LogP contribution is 2.10. The lowest BCUT2D eigenvalue weighted by Gasteiger charge is -2.09. The van der Waals surface area contributed by atoms with Crippen molar-refractivity contribution >= 4 is 5.69 Å². The summed E-state index contributed by atoms with van der Waals surface area (Å²) < 4.78 is 7.21. The van der Waals surface area contributed by atoms with Gasteiger partial charge in [0, 0.05) is 38.3 Å². The van der Waals surface area contributed by atoms with E-state index in [1.165, 1.54) is 5.56 Å². The fraction of sp³-hybridized carbons (Fsp3) is 0.357. The van der Waals surface area contributed by atoms with Crippen molar-refractivity contribution in [1.29, 1.82) is 0 Å². The molecule has 0 fully saturated rings. The van der Waals surface area contributed by atoms with Crippen LogP contribution in [0.15, 0.2) is 36.7 Å². The molecule has 0 unspecified atom stereocenters. The van der Waals surface area contributed by atoms with Crippen LogP contribution in [0.2, 0.25) is 0 Å². The Morgan fingerprint density at radius 2 is 2.06 bits per heavy atom. The Bertz CT molecular complexity index is 476. The Morgan fingerprint density at radius 1 is 1.28 bits per heavy atom. The molecular weight excluding hydrogens is 226 g/mol. The monoisotopic (exact) mass is 245 g/mol. The van der Waals surface area contributed by atoms with E-state index < -0.39 is 0 Å². The maximum absolute atomic E-state index is 5.08. The first-order chi connectivity index (χ1) is 8.79. The molecule has 4 heteroatoms. The molecule has 0 radical (unpaired) electrons. The van der Waals surface area contributed by atoms with Crippen molar-refractivity contribution in [1.82, 2.24) is 9.55 Å². The van der Waals surface area contributed by atoms with Gasteiger partial charge in [0.25, 0.3) is 0 Å². The number of nitrogens with zero attached hydrogens (tertiary/aromatic N) is 2. The number of imidazole rings is 1. The van der Waals surface area contributed by atoms with E-state index in [2.05, 4.69) is 39.1 Å². The van der Waals surface area contributed by atoms with Gasteiger partial charge in [0.05, 0.1) is 6.61 Å². The number of aromatic nitrogens is 2. The normalized spacial score (nSPS) is 10.6. The van der Waals surface area contributed by atoms with E-state index in [1.807, 2.05) is 19.3 Å². The smallest absolute Gasteiger partial charge is 0.105 e. The molecule has 1 aromatic carbocycles. The number of rotatable bonds is 6. The molecule has 0 aliphatic rings. The molecule has 4 nitrogen and oxygen atoms in total. The van der Waals surface area contributed by atoms with E-state index >= 15 is 0 Å². The second-order valence-corrected chi connectivity index (χ2v) is 4.22. The molecule has 0 bridgehead atoms. The highest BCUT2D eigenvalue weighted by Gasteiger charge is 1.97. The summed E-state index contributed by atoms with van der Waals surface area (Å²) in [5.74, 6) is 1.05. The Labute approximate surface area is 108 Å². The number of nitrogens with one attached hydrogen (secondary N) is 1. The third-order valence-corrected chi connectivity index (χ3v) is 2.87. The molecule has 0 aliphatic heterocycles. The summed E-state index contributed by atoms with van der Waals surface area (Å²) in [4.78, 5) is 4.20. The topological polar surface area (TPSA) is 39.1 Å². The minimum atomic E-state index is 0.661. The average Bonchev–Trinajstić information content (AvgIpc) is 2.78. The molecule has 1 aromatic heterocycles. The summed E-state index contributed by atoms with van der Waals surface area (Å²) in [7, 11) is 1.71. The molecule has 18 heavy (non-hydrogen) atoms. The summed E-state index contributed by atoms with van der Waals surface area (Å²) in [6.45, 7) is 4.49. The fourth-order valence-electron chi connectivity index (χ4n) is 1.85. The van der Waals surface area contributed by atoms with Gasteiger partial charge in [0.2, 0.25) is 0 Å². The highest BCUT2D eigenvalue weighted by molar-refractivity contribution is 5.44. The Hall–Kier alpha value is -1.81. The van der Waals surface area contributed by atoms with Crippen LogP contribution >= 0.6 is 0 Å². The SMILES string of the molecule is COCc1ccc(NCCn2ccnc2C)cc1. The maximum Gasteiger partial charge on any atom is 0.105 e. The molecule has 0 saturated carbocycles. The zero-order valence-electron chi connectivity index (χ0n) is 10.9. The predicted molar refractivity (Wildman–Crippen MR) is 72.6 cm³/mol. The van der Waals surface area contributed by atoms with Gasteiger partial charge in [-0.05, 0) is 24.6 Å². The van der Waals surface area contributed by atoms with Crippen molar-refractivity contribution in [3.63, 3.8) is 0 Å². The molecule has 0 saturated heterocycles. The molecule has 96 valence electrons. The lowest BCUT2D eigenvalue weighted by molar-refractivity contribution is 0.185. The largest absolute Gasteiger partial charge is 0.383 e. The van der Waals surface area contributed by atoms with Gasteiger partial charge in [0.1, 0.15) is 5.82 Å². The Morgan fingerprint density at radius 3 is 2.67 bits per heavy atom. The minimum absolute atomic E-state index is 0.661. The van der Waals surface area contributed by atoms with Crippen LogP contribution in [0.1, 0.15) is 11.4 Å². The van der Waals surface area contributed by atoms with Crippen molar-refractivity contribution in [2.75, 3.05) is 19.0 Å². The summed E-state index contributed by atoms with van der Waals surface area (Å²) in [5, 5.41) is 3.39. The van der Waals surface area contributed by atoms with Crippen LogP contribution in [-0.2, 0) is 17.9 Å². The standard InChI is InChI=1S/C14H19N3O/c1-12-15-7-9-17(12)10-8-16-14-5-3-13(4-6-14)11-18-2/h3-7,9,16H,8,10-11H2,1-2H3. The summed E-state index contributed by atoms with van der Waals surface area (Å²) >= 11 is 0.